The number of rotatable bonds is 10. The zero-order valence-corrected chi connectivity index (χ0v) is 22.8. The lowest BCUT2D eigenvalue weighted by Gasteiger charge is -2.24. The molecule has 198 valence electrons. The number of aliphatic hydroxyl groups excluding tert-OH is 1. The molecule has 1 aromatic carbocycles. The molecule has 2 aromatic rings. The molecule has 10 nitrogen and oxygen atoms in total. The van der Waals surface area contributed by atoms with Crippen molar-refractivity contribution < 1.29 is 33.0 Å². The number of esters is 1. The number of aromatic nitrogens is 2. The maximum absolute atomic E-state index is 13.7. The molecule has 1 aliphatic heterocycles. The lowest BCUT2D eigenvalue weighted by atomic mass is 10.2. The number of carbonyl (C=O) groups excluding carboxylic acids is 1. The highest BCUT2D eigenvalue weighted by atomic mass is 35.5. The highest BCUT2D eigenvalue weighted by Gasteiger charge is 2.45. The van der Waals surface area contributed by atoms with E-state index in [2.05, 4.69) is 4.98 Å². The first-order chi connectivity index (χ1) is 16.9. The second-order valence-corrected chi connectivity index (χ2v) is 11.8. The van der Waals surface area contributed by atoms with Crippen LogP contribution in [-0.4, -0.2) is 57.1 Å². The van der Waals surface area contributed by atoms with Crippen LogP contribution in [0, 0.1) is 17.6 Å². The monoisotopic (exact) mass is 560 g/mol. The Morgan fingerprint density at radius 1 is 1.31 bits per heavy atom. The van der Waals surface area contributed by atoms with Crippen LogP contribution in [0.1, 0.15) is 32.6 Å². The zero-order valence-electron chi connectivity index (χ0n) is 20.3. The molecule has 36 heavy (non-hydrogen) atoms. The molecular weight excluding hydrogens is 531 g/mol. The van der Waals surface area contributed by atoms with Crippen molar-refractivity contribution in [3.63, 3.8) is 0 Å². The smallest absolute Gasteiger partial charge is 0.380 e. The van der Waals surface area contributed by atoms with Gasteiger partial charge in [0, 0.05) is 11.8 Å². The molecule has 13 heteroatoms. The van der Waals surface area contributed by atoms with Gasteiger partial charge in [0.1, 0.15) is 23.3 Å². The summed E-state index contributed by atoms with van der Waals surface area (Å²) in [6.07, 6.45) is -2.21. The molecule has 2 heterocycles. The number of aryl methyl sites for hydroxylation is 1. The van der Waals surface area contributed by atoms with Crippen molar-refractivity contribution in [2.24, 2.45) is 5.92 Å². The van der Waals surface area contributed by atoms with Crippen LogP contribution < -0.4 is 10.1 Å². The third-order valence-corrected chi connectivity index (χ3v) is 8.20. The van der Waals surface area contributed by atoms with Crippen LogP contribution in [0.3, 0.4) is 0 Å². The maximum Gasteiger partial charge on any atom is 0.380 e. The van der Waals surface area contributed by atoms with Crippen LogP contribution in [0.15, 0.2) is 41.3 Å². The van der Waals surface area contributed by atoms with Gasteiger partial charge in [0.25, 0.3) is 5.56 Å². The number of carbonyl (C=O) groups is 1. The first-order valence-corrected chi connectivity index (χ1v) is 14.0. The largest absolute Gasteiger partial charge is 0.463 e. The molecule has 0 saturated carbocycles. The van der Waals surface area contributed by atoms with E-state index in [1.54, 1.807) is 58.0 Å². The Kier molecular flexibility index (Phi) is 9.54. The molecule has 0 spiro atoms. The number of H-pyrrole nitrogens is 1. The number of halogens is 1. The number of hydrogen-bond acceptors (Lipinski definition) is 9. The summed E-state index contributed by atoms with van der Waals surface area (Å²) in [7, 11) is -3.92. The molecule has 1 aliphatic rings. The lowest BCUT2D eigenvalue weighted by molar-refractivity contribution is -0.151. The maximum atomic E-state index is 13.7. The number of ether oxygens (including phenoxy) is 2. The second-order valence-electron chi connectivity index (χ2n) is 8.86. The second kappa shape index (κ2) is 12.0. The fourth-order valence-corrected chi connectivity index (χ4v) is 6.01. The van der Waals surface area contributed by atoms with Crippen LogP contribution in [0.4, 0.5) is 0 Å². The van der Waals surface area contributed by atoms with Crippen molar-refractivity contribution in [3.8, 4) is 5.75 Å². The summed E-state index contributed by atoms with van der Waals surface area (Å²) < 4.78 is 37.8. The molecule has 0 aliphatic carbocycles. The number of para-hydroxylation sites is 1. The topological polar surface area (TPSA) is 129 Å². The van der Waals surface area contributed by atoms with Gasteiger partial charge in [-0.25, -0.2) is 4.57 Å². The van der Waals surface area contributed by atoms with Gasteiger partial charge in [-0.2, -0.15) is 0 Å². The van der Waals surface area contributed by atoms with Crippen molar-refractivity contribution in [2.45, 2.75) is 57.6 Å². The van der Waals surface area contributed by atoms with E-state index in [1.165, 1.54) is 10.8 Å². The Morgan fingerprint density at radius 2 is 1.97 bits per heavy atom. The molecule has 0 radical (unpaired) electrons. The minimum atomic E-state index is -3.92. The van der Waals surface area contributed by atoms with Crippen LogP contribution in [0.5, 0.6) is 5.75 Å². The highest BCUT2D eigenvalue weighted by molar-refractivity contribution is 7.71. The van der Waals surface area contributed by atoms with Crippen LogP contribution in [0.25, 0.3) is 0 Å². The van der Waals surface area contributed by atoms with Crippen LogP contribution in [-0.2, 0) is 23.4 Å². The summed E-state index contributed by atoms with van der Waals surface area (Å²) in [5.41, 5.74) is 0.0400. The number of alkyl halides is 1. The van der Waals surface area contributed by atoms with Crippen LogP contribution in [0.2, 0.25) is 0 Å². The van der Waals surface area contributed by atoms with E-state index in [0.717, 1.165) is 0 Å². The van der Waals surface area contributed by atoms with Gasteiger partial charge in [-0.05, 0) is 45.1 Å². The molecule has 1 saturated heterocycles. The number of benzene rings is 1. The van der Waals surface area contributed by atoms with Crippen molar-refractivity contribution in [1.29, 1.82) is 0 Å². The van der Waals surface area contributed by atoms with Gasteiger partial charge in [-0.1, -0.05) is 25.1 Å². The van der Waals surface area contributed by atoms with Crippen molar-refractivity contribution >= 4 is 37.4 Å². The molecule has 2 N–H and O–H groups in total. The number of nitrogens with zero attached hydrogens (tertiary/aromatic N) is 1. The van der Waals surface area contributed by atoms with Gasteiger partial charge < -0.3 is 19.1 Å². The Balaban J connectivity index is 1.77. The van der Waals surface area contributed by atoms with E-state index < -0.39 is 43.3 Å². The minimum Gasteiger partial charge on any atom is -0.463 e. The van der Waals surface area contributed by atoms with E-state index in [-0.39, 0.29) is 29.2 Å². The standard InChI is InChI=1S/C23H30ClN2O8PS/c1-13(2)32-22(29)15(4)12-35(30,34-16-8-6-5-7-9-16)31-11-17-19(27)18(24)21(33-17)26-10-14(3)20(28)25-23(26)36/h5-10,13,15,17-19,21,27H,11-12H2,1-4H3,(H,25,28,36)/t15-,17+,18-,19?,21+,35-/m1/s1. The van der Waals surface area contributed by atoms with Gasteiger partial charge in [0.15, 0.2) is 11.0 Å². The summed E-state index contributed by atoms with van der Waals surface area (Å²) >= 11 is 11.6. The molecular formula is C23H30ClN2O8PS. The van der Waals surface area contributed by atoms with Gasteiger partial charge in [-0.3, -0.25) is 23.7 Å². The van der Waals surface area contributed by atoms with Gasteiger partial charge >= 0.3 is 13.6 Å². The normalized spacial score (nSPS) is 24.3. The van der Waals surface area contributed by atoms with E-state index in [4.69, 9.17) is 42.3 Å². The molecule has 3 rings (SSSR count). The average Bonchev–Trinajstić information content (AvgIpc) is 3.08. The molecule has 1 unspecified atom stereocenters. The summed E-state index contributed by atoms with van der Waals surface area (Å²) in [5.74, 6) is -1.03. The van der Waals surface area contributed by atoms with Crippen molar-refractivity contribution in [1.82, 2.24) is 9.55 Å². The van der Waals surface area contributed by atoms with E-state index in [0.29, 0.717) is 11.3 Å². The number of aliphatic hydroxyl groups is 1. The summed E-state index contributed by atoms with van der Waals surface area (Å²) in [6.45, 7) is 6.26. The molecule has 0 amide bonds. The Morgan fingerprint density at radius 3 is 2.61 bits per heavy atom. The molecule has 1 fully saturated rings. The van der Waals surface area contributed by atoms with E-state index in [9.17, 15) is 19.3 Å². The van der Waals surface area contributed by atoms with Gasteiger partial charge in [-0.15, -0.1) is 11.6 Å². The molecule has 6 atom stereocenters. The van der Waals surface area contributed by atoms with Gasteiger partial charge in [0.05, 0.1) is 24.8 Å². The minimum absolute atomic E-state index is 0.0746. The van der Waals surface area contributed by atoms with Crippen molar-refractivity contribution in [2.75, 3.05) is 12.8 Å². The Bertz CT molecular complexity index is 1220. The zero-order chi connectivity index (χ0) is 26.6. The predicted octanol–water partition coefficient (Wildman–Crippen LogP) is 3.96. The average molecular weight is 561 g/mol. The quantitative estimate of drug-likeness (QED) is 0.192. The first-order valence-electron chi connectivity index (χ1n) is 11.4. The highest BCUT2D eigenvalue weighted by Crippen LogP contribution is 2.51. The SMILES string of the molecule is Cc1cn([C@H]2O[C@@H](CO[P@](=O)(C[C@@H](C)C(=O)OC(C)C)Oc3ccccc3)C(O)[C@H]2Cl)c(=S)[nH]c1=O. The predicted molar refractivity (Wildman–Crippen MR) is 136 cm³/mol. The van der Waals surface area contributed by atoms with E-state index in [1.807, 2.05) is 0 Å². The summed E-state index contributed by atoms with van der Waals surface area (Å²) in [4.78, 5) is 26.7. The lowest BCUT2D eigenvalue weighted by Crippen LogP contribution is -2.31. The molecule has 0 bridgehead atoms. The number of nitrogens with one attached hydrogen (secondary N) is 1. The van der Waals surface area contributed by atoms with Gasteiger partial charge in [0.2, 0.25) is 0 Å². The Labute approximate surface area is 219 Å². The fraction of sp³-hybridized carbons (Fsp3) is 0.522. The van der Waals surface area contributed by atoms with Crippen LogP contribution >= 0.6 is 31.4 Å². The molecule has 1 aromatic heterocycles. The fourth-order valence-electron chi connectivity index (χ4n) is 3.54. The summed E-state index contributed by atoms with van der Waals surface area (Å²) in [6, 6.07) is 8.41. The Hall–Kier alpha value is -2.01. The summed E-state index contributed by atoms with van der Waals surface area (Å²) in [5, 5.41) is 9.76. The number of aromatic amines is 1. The number of hydrogen-bond donors (Lipinski definition) is 2. The first kappa shape index (κ1) is 28.6. The van der Waals surface area contributed by atoms with Crippen molar-refractivity contribution in [3.05, 3.63) is 57.2 Å². The third-order valence-electron chi connectivity index (χ3n) is 5.39. The third kappa shape index (κ3) is 7.06. The van der Waals surface area contributed by atoms with E-state index >= 15 is 0 Å².